The Bertz CT molecular complexity index is 1310. The Hall–Kier alpha value is -3.52. The van der Waals surface area contributed by atoms with Crippen molar-refractivity contribution in [3.63, 3.8) is 0 Å². The van der Waals surface area contributed by atoms with E-state index in [4.69, 9.17) is 9.47 Å². The van der Waals surface area contributed by atoms with E-state index in [1.54, 1.807) is 19.3 Å². The molecule has 1 N–H and O–H groups in total. The van der Waals surface area contributed by atoms with E-state index in [0.717, 1.165) is 31.5 Å². The van der Waals surface area contributed by atoms with Gasteiger partial charge in [-0.2, -0.15) is 0 Å². The molecule has 0 spiro atoms. The molecular weight excluding hydrogens is 497 g/mol. The van der Waals surface area contributed by atoms with Gasteiger partial charge >= 0.3 is 5.97 Å². The van der Waals surface area contributed by atoms with E-state index >= 15 is 4.39 Å². The van der Waals surface area contributed by atoms with E-state index in [-0.39, 0.29) is 17.9 Å². The van der Waals surface area contributed by atoms with Crippen LogP contribution in [0.3, 0.4) is 0 Å². The number of carbonyl (C=O) groups is 1. The van der Waals surface area contributed by atoms with Gasteiger partial charge in [-0.3, -0.25) is 4.98 Å². The maximum Gasteiger partial charge on any atom is 0.337 e. The van der Waals surface area contributed by atoms with Gasteiger partial charge in [0.15, 0.2) is 11.9 Å². The minimum Gasteiger partial charge on any atom is -0.479 e. The van der Waals surface area contributed by atoms with E-state index < -0.39 is 23.5 Å². The second-order valence-electron chi connectivity index (χ2n) is 11.9. The van der Waals surface area contributed by atoms with Crippen LogP contribution in [-0.4, -0.2) is 39.7 Å². The van der Waals surface area contributed by atoms with Crippen LogP contribution < -0.4 is 9.64 Å². The van der Waals surface area contributed by atoms with Crippen LogP contribution in [0, 0.1) is 18.2 Å². The first-order valence-corrected chi connectivity index (χ1v) is 13.3. The van der Waals surface area contributed by atoms with Crippen molar-refractivity contribution in [3.05, 3.63) is 71.4 Å². The van der Waals surface area contributed by atoms with Crippen molar-refractivity contribution in [1.29, 1.82) is 0 Å². The fourth-order valence-electron chi connectivity index (χ4n) is 4.80. The van der Waals surface area contributed by atoms with E-state index in [2.05, 4.69) is 28.7 Å². The lowest BCUT2D eigenvalue weighted by Gasteiger charge is -2.40. The number of carboxylic acids is 1. The molecule has 3 aromatic rings. The van der Waals surface area contributed by atoms with Crippen LogP contribution in [0.25, 0.3) is 11.1 Å². The molecule has 3 heterocycles. The number of piperidine rings is 1. The van der Waals surface area contributed by atoms with Gasteiger partial charge in [0.2, 0.25) is 0 Å². The number of hydrogen-bond donors (Lipinski definition) is 1. The number of pyridine rings is 2. The first-order valence-electron chi connectivity index (χ1n) is 13.3. The molecule has 0 amide bonds. The predicted molar refractivity (Wildman–Crippen MR) is 149 cm³/mol. The van der Waals surface area contributed by atoms with Crippen LogP contribution in [0.5, 0.6) is 5.88 Å². The third-order valence-corrected chi connectivity index (χ3v) is 7.02. The average Bonchev–Trinajstić information content (AvgIpc) is 2.87. The summed E-state index contributed by atoms with van der Waals surface area (Å²) >= 11 is 0. The van der Waals surface area contributed by atoms with Gasteiger partial charge in [0, 0.05) is 47.9 Å². The molecule has 1 aromatic carbocycles. The molecule has 0 radical (unpaired) electrons. The fraction of sp³-hybridized carbons (Fsp3) is 0.452. The SMILES string of the molecule is Cc1ncc(-c2cnc(OCc3ccccc3)c(F)c2)c(N2CCC(C)(C)CC2)c1[C@H](OC(C)(C)C)C(=O)O. The topological polar surface area (TPSA) is 84.8 Å². The van der Waals surface area contributed by atoms with Gasteiger partial charge in [-0.25, -0.2) is 14.2 Å². The molecule has 0 unspecified atom stereocenters. The quantitative estimate of drug-likeness (QED) is 0.342. The van der Waals surface area contributed by atoms with Crippen molar-refractivity contribution in [3.8, 4) is 17.0 Å². The lowest BCUT2D eigenvalue weighted by molar-refractivity contribution is -0.160. The number of aliphatic carboxylic acids is 1. The second kappa shape index (κ2) is 11.3. The molecule has 8 heteroatoms. The van der Waals surface area contributed by atoms with E-state index in [1.807, 2.05) is 51.1 Å². The number of carboxylic acid groups (broad SMARTS) is 1. The number of benzene rings is 1. The lowest BCUT2D eigenvalue weighted by Crippen LogP contribution is -2.39. The van der Waals surface area contributed by atoms with E-state index in [0.29, 0.717) is 28.1 Å². The summed E-state index contributed by atoms with van der Waals surface area (Å²) in [6.45, 7) is 13.4. The molecule has 0 bridgehead atoms. The zero-order valence-corrected chi connectivity index (χ0v) is 23.6. The number of aromatic nitrogens is 2. The summed E-state index contributed by atoms with van der Waals surface area (Å²) < 4.78 is 27.0. The molecule has 2 aromatic heterocycles. The molecule has 1 aliphatic heterocycles. The Morgan fingerprint density at radius 3 is 2.38 bits per heavy atom. The molecule has 39 heavy (non-hydrogen) atoms. The summed E-state index contributed by atoms with van der Waals surface area (Å²) in [6.07, 6.45) is 3.85. The molecule has 0 saturated carbocycles. The molecule has 208 valence electrons. The van der Waals surface area contributed by atoms with Gasteiger partial charge in [-0.05, 0) is 57.6 Å². The van der Waals surface area contributed by atoms with E-state index in [9.17, 15) is 9.90 Å². The smallest absolute Gasteiger partial charge is 0.337 e. The Labute approximate surface area is 230 Å². The van der Waals surface area contributed by atoms with Crippen LogP contribution in [0.1, 0.15) is 70.4 Å². The maximum absolute atomic E-state index is 15.3. The summed E-state index contributed by atoms with van der Waals surface area (Å²) in [4.78, 5) is 23.6. The molecule has 7 nitrogen and oxygen atoms in total. The number of hydrogen-bond acceptors (Lipinski definition) is 6. The number of aryl methyl sites for hydroxylation is 1. The Balaban J connectivity index is 1.78. The molecule has 1 fully saturated rings. The summed E-state index contributed by atoms with van der Waals surface area (Å²) in [6, 6.07) is 10.9. The Kier molecular flexibility index (Phi) is 8.25. The van der Waals surface area contributed by atoms with Crippen LogP contribution in [0.2, 0.25) is 0 Å². The minimum atomic E-state index is -1.24. The standard InChI is InChI=1S/C31H38FN3O4/c1-20-25(27(29(36)37)39-30(2,3)4)26(35-14-12-31(5,6)13-15-35)23(18-33-20)22-16-24(32)28(34-17-22)38-19-21-10-8-7-9-11-21/h7-11,16-18,27H,12-15,19H2,1-6H3,(H,36,37)/t27-/m0/s1. The molecule has 1 atom stereocenters. The van der Waals surface area contributed by atoms with Crippen molar-refractivity contribution in [2.45, 2.75) is 72.7 Å². The van der Waals surface area contributed by atoms with Crippen molar-refractivity contribution in [2.24, 2.45) is 5.41 Å². The largest absolute Gasteiger partial charge is 0.479 e. The summed E-state index contributed by atoms with van der Waals surface area (Å²) in [5.74, 6) is -1.79. The number of ether oxygens (including phenoxy) is 2. The molecule has 0 aliphatic carbocycles. The van der Waals surface area contributed by atoms with Gasteiger partial charge in [-0.1, -0.05) is 44.2 Å². The van der Waals surface area contributed by atoms with Crippen molar-refractivity contribution in [2.75, 3.05) is 18.0 Å². The van der Waals surface area contributed by atoms with Gasteiger partial charge in [0.1, 0.15) is 6.61 Å². The highest BCUT2D eigenvalue weighted by molar-refractivity contribution is 5.86. The van der Waals surface area contributed by atoms with Crippen LogP contribution in [0.4, 0.5) is 10.1 Å². The summed E-state index contributed by atoms with van der Waals surface area (Å²) in [5.41, 5.74) is 3.23. The summed E-state index contributed by atoms with van der Waals surface area (Å²) in [7, 11) is 0. The highest BCUT2D eigenvalue weighted by Crippen LogP contribution is 2.43. The fourth-order valence-corrected chi connectivity index (χ4v) is 4.80. The van der Waals surface area contributed by atoms with Crippen molar-refractivity contribution < 1.29 is 23.8 Å². The van der Waals surface area contributed by atoms with Gasteiger partial charge in [0.25, 0.3) is 5.88 Å². The Morgan fingerprint density at radius 2 is 1.79 bits per heavy atom. The third kappa shape index (κ3) is 6.92. The van der Waals surface area contributed by atoms with E-state index in [1.165, 1.54) is 6.07 Å². The second-order valence-corrected chi connectivity index (χ2v) is 11.9. The van der Waals surface area contributed by atoms with Gasteiger partial charge < -0.3 is 19.5 Å². The zero-order valence-electron chi connectivity index (χ0n) is 23.6. The first kappa shape index (κ1) is 28.5. The minimum absolute atomic E-state index is 0.0938. The normalized spacial score (nSPS) is 16.1. The summed E-state index contributed by atoms with van der Waals surface area (Å²) in [5, 5.41) is 10.3. The molecule has 1 aliphatic rings. The van der Waals surface area contributed by atoms with Gasteiger partial charge in [-0.15, -0.1) is 0 Å². The van der Waals surface area contributed by atoms with Crippen LogP contribution in [0.15, 0.2) is 48.8 Å². The average molecular weight is 536 g/mol. The zero-order chi connectivity index (χ0) is 28.4. The third-order valence-electron chi connectivity index (χ3n) is 7.02. The van der Waals surface area contributed by atoms with Crippen LogP contribution in [-0.2, 0) is 16.1 Å². The number of nitrogens with zero attached hydrogens (tertiary/aromatic N) is 3. The number of anilines is 1. The van der Waals surface area contributed by atoms with Crippen molar-refractivity contribution >= 4 is 11.7 Å². The predicted octanol–water partition coefficient (Wildman–Crippen LogP) is 6.74. The monoisotopic (exact) mass is 535 g/mol. The molecular formula is C31H38FN3O4. The van der Waals surface area contributed by atoms with Gasteiger partial charge in [0.05, 0.1) is 11.3 Å². The Morgan fingerprint density at radius 1 is 1.13 bits per heavy atom. The molecule has 4 rings (SSSR count). The number of rotatable bonds is 8. The molecule has 1 saturated heterocycles. The maximum atomic E-state index is 15.3. The lowest BCUT2D eigenvalue weighted by atomic mass is 9.82. The first-order chi connectivity index (χ1) is 18.3. The highest BCUT2D eigenvalue weighted by atomic mass is 19.1. The van der Waals surface area contributed by atoms with Crippen LogP contribution >= 0.6 is 0 Å². The highest BCUT2D eigenvalue weighted by Gasteiger charge is 2.36. The van der Waals surface area contributed by atoms with Crippen molar-refractivity contribution in [1.82, 2.24) is 9.97 Å². The number of halogens is 1.